The van der Waals surface area contributed by atoms with Gasteiger partial charge in [0, 0.05) is 26.2 Å². The molecule has 1 rings (SSSR count). The third-order valence-electron chi connectivity index (χ3n) is 2.40. The number of halogens is 5. The molecule has 1 heterocycles. The van der Waals surface area contributed by atoms with Gasteiger partial charge in [0.15, 0.2) is 0 Å². The average molecular weight is 285 g/mol. The Labute approximate surface area is 105 Å². The van der Waals surface area contributed by atoms with Crippen LogP contribution in [0.5, 0.6) is 0 Å². The van der Waals surface area contributed by atoms with E-state index < -0.39 is 12.2 Å². The zero-order valence-electron chi connectivity index (χ0n) is 8.87. The monoisotopic (exact) mass is 284 g/mol. The van der Waals surface area contributed by atoms with E-state index in [1.807, 2.05) is 0 Å². The first-order valence-corrected chi connectivity index (χ1v) is 4.50. The van der Waals surface area contributed by atoms with Gasteiger partial charge in [-0.1, -0.05) is 0 Å². The van der Waals surface area contributed by atoms with Crippen molar-refractivity contribution in [3.8, 4) is 0 Å². The Kier molecular flexibility index (Phi) is 8.78. The number of alkyl halides is 3. The van der Waals surface area contributed by atoms with Gasteiger partial charge in [0.1, 0.15) is 6.04 Å². The molecule has 0 aliphatic carbocycles. The zero-order chi connectivity index (χ0) is 10.8. The maximum atomic E-state index is 12.5. The van der Waals surface area contributed by atoms with E-state index in [1.54, 1.807) is 0 Å². The second kappa shape index (κ2) is 7.55. The molecule has 0 saturated carbocycles. The van der Waals surface area contributed by atoms with Crippen LogP contribution in [0.4, 0.5) is 13.2 Å². The minimum Gasteiger partial charge on any atom is -0.383 e. The smallest absolute Gasteiger partial charge is 0.383 e. The van der Waals surface area contributed by atoms with Crippen LogP contribution in [-0.2, 0) is 4.74 Å². The van der Waals surface area contributed by atoms with Gasteiger partial charge in [-0.15, -0.1) is 24.8 Å². The predicted octanol–water partition coefficient (Wildman–Crippen LogP) is 1.44. The van der Waals surface area contributed by atoms with Crippen LogP contribution in [-0.4, -0.2) is 50.0 Å². The molecule has 0 aromatic carbocycles. The normalized spacial score (nSPS) is 23.4. The summed E-state index contributed by atoms with van der Waals surface area (Å²) in [6.07, 6.45) is -3.61. The fourth-order valence-electron chi connectivity index (χ4n) is 1.66. The van der Waals surface area contributed by atoms with Crippen molar-refractivity contribution in [3.05, 3.63) is 0 Å². The van der Waals surface area contributed by atoms with Gasteiger partial charge in [-0.25, -0.2) is 0 Å². The molecule has 2 unspecified atom stereocenters. The molecule has 2 N–H and O–H groups in total. The van der Waals surface area contributed by atoms with Crippen LogP contribution in [0.25, 0.3) is 0 Å². The first kappa shape index (κ1) is 18.6. The average Bonchev–Trinajstić information content (AvgIpc) is 2.45. The lowest BCUT2D eigenvalue weighted by Gasteiger charge is -2.28. The highest BCUT2D eigenvalue weighted by atomic mass is 35.5. The molecule has 8 heteroatoms. The van der Waals surface area contributed by atoms with Gasteiger partial charge in [0.2, 0.25) is 0 Å². The first-order chi connectivity index (χ1) is 6.45. The van der Waals surface area contributed by atoms with Crippen molar-refractivity contribution in [3.63, 3.8) is 0 Å². The molecule has 16 heavy (non-hydrogen) atoms. The molecule has 0 radical (unpaired) electrons. The molecule has 0 amide bonds. The maximum absolute atomic E-state index is 12.5. The minimum atomic E-state index is -4.24. The van der Waals surface area contributed by atoms with E-state index in [-0.39, 0.29) is 37.5 Å². The number of methoxy groups -OCH3 is 1. The van der Waals surface area contributed by atoms with Gasteiger partial charge in [-0.05, 0) is 6.42 Å². The summed E-state index contributed by atoms with van der Waals surface area (Å²) in [5, 5.41) is 0. The van der Waals surface area contributed by atoms with Crippen LogP contribution >= 0.6 is 24.8 Å². The number of nitrogens with two attached hydrogens (primary N) is 1. The van der Waals surface area contributed by atoms with E-state index in [1.165, 1.54) is 12.0 Å². The third-order valence-corrected chi connectivity index (χ3v) is 2.40. The minimum absolute atomic E-state index is 0. The van der Waals surface area contributed by atoms with E-state index in [4.69, 9.17) is 5.73 Å². The second-order valence-corrected chi connectivity index (χ2v) is 3.56. The van der Waals surface area contributed by atoms with Gasteiger partial charge in [0.05, 0.1) is 6.61 Å². The number of nitrogens with zero attached hydrogens (tertiary/aromatic N) is 1. The van der Waals surface area contributed by atoms with Crippen molar-refractivity contribution in [2.75, 3.05) is 26.8 Å². The highest BCUT2D eigenvalue weighted by molar-refractivity contribution is 5.85. The van der Waals surface area contributed by atoms with E-state index >= 15 is 0 Å². The fourth-order valence-corrected chi connectivity index (χ4v) is 1.66. The largest absolute Gasteiger partial charge is 0.406 e. The van der Waals surface area contributed by atoms with Crippen molar-refractivity contribution in [1.82, 2.24) is 4.90 Å². The quantitative estimate of drug-likeness (QED) is 0.852. The third kappa shape index (κ3) is 5.05. The van der Waals surface area contributed by atoms with E-state index in [9.17, 15) is 13.2 Å². The topological polar surface area (TPSA) is 38.5 Å². The standard InChI is InChI=1S/C8H15F3N2O.2ClH/c1-14-5-7(8(9,10)11)13-3-2-6(12)4-13;;/h6-7H,2-5,12H2,1H3;2*1H. The SMILES string of the molecule is COCC(N1CCC(N)C1)C(F)(F)F.Cl.Cl. The molecule has 0 bridgehead atoms. The number of ether oxygens (including phenoxy) is 1. The van der Waals surface area contributed by atoms with Crippen LogP contribution in [0.15, 0.2) is 0 Å². The number of hydrogen-bond acceptors (Lipinski definition) is 3. The number of hydrogen-bond donors (Lipinski definition) is 1. The van der Waals surface area contributed by atoms with Gasteiger partial charge >= 0.3 is 6.18 Å². The highest BCUT2D eigenvalue weighted by Gasteiger charge is 2.45. The van der Waals surface area contributed by atoms with E-state index in [0.717, 1.165) is 0 Å². The Morgan fingerprint density at radius 2 is 2.00 bits per heavy atom. The molecule has 1 fully saturated rings. The molecule has 0 aromatic rings. The van der Waals surface area contributed by atoms with Crippen molar-refractivity contribution in [2.45, 2.75) is 24.7 Å². The van der Waals surface area contributed by atoms with Crippen LogP contribution < -0.4 is 5.73 Å². The molecule has 0 aromatic heterocycles. The summed E-state index contributed by atoms with van der Waals surface area (Å²) >= 11 is 0. The Morgan fingerprint density at radius 1 is 1.44 bits per heavy atom. The van der Waals surface area contributed by atoms with Crippen molar-refractivity contribution >= 4 is 24.8 Å². The lowest BCUT2D eigenvalue weighted by Crippen LogP contribution is -2.48. The van der Waals surface area contributed by atoms with Crippen LogP contribution in [0.2, 0.25) is 0 Å². The Bertz CT molecular complexity index is 195. The molecule has 1 aliphatic rings. The van der Waals surface area contributed by atoms with E-state index in [0.29, 0.717) is 19.5 Å². The molecule has 3 nitrogen and oxygen atoms in total. The van der Waals surface area contributed by atoms with Crippen LogP contribution in [0.1, 0.15) is 6.42 Å². The lowest BCUT2D eigenvalue weighted by molar-refractivity contribution is -0.192. The van der Waals surface area contributed by atoms with Crippen LogP contribution in [0.3, 0.4) is 0 Å². The van der Waals surface area contributed by atoms with Gasteiger partial charge in [-0.3, -0.25) is 4.90 Å². The van der Waals surface area contributed by atoms with E-state index in [2.05, 4.69) is 4.74 Å². The highest BCUT2D eigenvalue weighted by Crippen LogP contribution is 2.27. The fraction of sp³-hybridized carbons (Fsp3) is 1.00. The van der Waals surface area contributed by atoms with Crippen molar-refractivity contribution in [2.24, 2.45) is 5.73 Å². The Hall–Kier alpha value is 0.250. The summed E-state index contributed by atoms with van der Waals surface area (Å²) in [6, 6.07) is -1.65. The Morgan fingerprint density at radius 3 is 2.31 bits per heavy atom. The summed E-state index contributed by atoms with van der Waals surface area (Å²) in [5.74, 6) is 0. The molecular formula is C8H17Cl2F3N2O. The molecule has 1 aliphatic heterocycles. The van der Waals surface area contributed by atoms with Gasteiger partial charge in [0.25, 0.3) is 0 Å². The lowest BCUT2D eigenvalue weighted by atomic mass is 10.2. The summed E-state index contributed by atoms with van der Waals surface area (Å²) < 4.78 is 42.1. The van der Waals surface area contributed by atoms with Crippen LogP contribution in [0, 0.1) is 0 Å². The molecule has 2 atom stereocenters. The predicted molar refractivity (Wildman–Crippen MR) is 60.4 cm³/mol. The molecule has 1 saturated heterocycles. The van der Waals surface area contributed by atoms with Gasteiger partial charge < -0.3 is 10.5 Å². The summed E-state index contributed by atoms with van der Waals surface area (Å²) in [5.41, 5.74) is 5.55. The zero-order valence-corrected chi connectivity index (χ0v) is 10.5. The summed E-state index contributed by atoms with van der Waals surface area (Å²) in [7, 11) is 1.27. The molecular weight excluding hydrogens is 268 g/mol. The molecule has 0 spiro atoms. The van der Waals surface area contributed by atoms with Gasteiger partial charge in [-0.2, -0.15) is 13.2 Å². The first-order valence-electron chi connectivity index (χ1n) is 4.50. The second-order valence-electron chi connectivity index (χ2n) is 3.56. The summed E-state index contributed by atoms with van der Waals surface area (Å²) in [4.78, 5) is 1.34. The number of likely N-dealkylation sites (tertiary alicyclic amines) is 1. The molecule has 100 valence electrons. The van der Waals surface area contributed by atoms with Crippen molar-refractivity contribution < 1.29 is 17.9 Å². The Balaban J connectivity index is 0. The summed E-state index contributed by atoms with van der Waals surface area (Å²) in [6.45, 7) is 0.373. The van der Waals surface area contributed by atoms with Crippen molar-refractivity contribution in [1.29, 1.82) is 0 Å². The maximum Gasteiger partial charge on any atom is 0.406 e. The number of rotatable bonds is 3.